The molecule has 0 aliphatic rings. The van der Waals surface area contributed by atoms with Gasteiger partial charge in [0.15, 0.2) is 5.76 Å². The van der Waals surface area contributed by atoms with Gasteiger partial charge in [-0.15, -0.1) is 6.42 Å². The maximum atomic E-state index is 12.6. The largest absolute Gasteiger partial charge is 0.477 e. The van der Waals surface area contributed by atoms with E-state index in [1.54, 1.807) is 0 Å². The summed E-state index contributed by atoms with van der Waals surface area (Å²) in [5.41, 5.74) is 0. The van der Waals surface area contributed by atoms with Crippen molar-refractivity contribution in [3.05, 3.63) is 11.8 Å². The van der Waals surface area contributed by atoms with Crippen LogP contribution in [-0.4, -0.2) is 24.6 Å². The predicted octanol–water partition coefficient (Wildman–Crippen LogP) is 1.91. The van der Waals surface area contributed by atoms with Gasteiger partial charge in [-0.3, -0.25) is 0 Å². The topological polar surface area (TPSA) is 35.5 Å². The van der Waals surface area contributed by atoms with Crippen LogP contribution in [0.1, 0.15) is 6.92 Å². The lowest BCUT2D eigenvalue weighted by Gasteiger charge is -2.12. The molecular formula is C9H9ClF2O3. The maximum Gasteiger partial charge on any atom is 0.379 e. The Morgan fingerprint density at radius 2 is 2.20 bits per heavy atom. The van der Waals surface area contributed by atoms with E-state index in [1.165, 1.54) is 6.92 Å². The summed E-state index contributed by atoms with van der Waals surface area (Å²) >= 11 is 4.68. The van der Waals surface area contributed by atoms with Crippen LogP contribution in [0.4, 0.5) is 8.78 Å². The van der Waals surface area contributed by atoms with E-state index in [0.717, 1.165) is 0 Å². The average Bonchev–Trinajstić information content (AvgIpc) is 2.10. The number of allylic oxidation sites excluding steroid dienone is 1. The number of hydrogen-bond acceptors (Lipinski definition) is 3. The van der Waals surface area contributed by atoms with E-state index >= 15 is 0 Å². The molecule has 0 bridgehead atoms. The fourth-order valence-electron chi connectivity index (χ4n) is 0.616. The summed E-state index contributed by atoms with van der Waals surface area (Å²) < 4.78 is 34.0. The van der Waals surface area contributed by atoms with Gasteiger partial charge in [-0.25, -0.2) is 4.79 Å². The molecule has 0 unspecified atom stereocenters. The summed E-state index contributed by atoms with van der Waals surface area (Å²) in [6.07, 6.45) is 5.27. The zero-order valence-electron chi connectivity index (χ0n) is 7.93. The summed E-state index contributed by atoms with van der Waals surface area (Å²) in [5.74, 6) is -0.0266. The number of carbonyl (C=O) groups excluding carboxylic acids is 1. The maximum absolute atomic E-state index is 12.6. The molecule has 0 spiro atoms. The lowest BCUT2D eigenvalue weighted by molar-refractivity contribution is -0.137. The SMILES string of the molecule is C#CCO/C(=C\C(=O)OCC)C(F)(F)Cl. The Hall–Kier alpha value is -1.28. The number of carbonyl (C=O) groups is 1. The van der Waals surface area contributed by atoms with Gasteiger partial charge in [0.1, 0.15) is 6.61 Å². The third kappa shape index (κ3) is 5.92. The first-order valence-corrected chi connectivity index (χ1v) is 4.31. The molecule has 0 rings (SSSR count). The van der Waals surface area contributed by atoms with Crippen LogP contribution in [0.15, 0.2) is 11.8 Å². The highest BCUT2D eigenvalue weighted by Gasteiger charge is 2.34. The minimum atomic E-state index is -3.79. The van der Waals surface area contributed by atoms with Crippen molar-refractivity contribution in [1.82, 2.24) is 0 Å². The fourth-order valence-corrected chi connectivity index (χ4v) is 0.725. The number of rotatable bonds is 5. The Labute approximate surface area is 91.0 Å². The standard InChI is InChI=1S/C9H9ClF2O3/c1-3-5-15-7(9(10,11)12)6-8(13)14-4-2/h1,6H,4-5H2,2H3/b7-6-. The van der Waals surface area contributed by atoms with Gasteiger partial charge in [0.05, 0.1) is 12.7 Å². The van der Waals surface area contributed by atoms with E-state index in [4.69, 9.17) is 6.42 Å². The van der Waals surface area contributed by atoms with Crippen molar-refractivity contribution >= 4 is 17.6 Å². The van der Waals surface area contributed by atoms with Crippen LogP contribution in [0.3, 0.4) is 0 Å². The van der Waals surface area contributed by atoms with Gasteiger partial charge in [0.25, 0.3) is 0 Å². The summed E-state index contributed by atoms with van der Waals surface area (Å²) in [7, 11) is 0. The molecule has 0 saturated heterocycles. The molecule has 0 heterocycles. The van der Waals surface area contributed by atoms with Crippen molar-refractivity contribution in [2.45, 2.75) is 12.3 Å². The first kappa shape index (κ1) is 13.7. The Balaban J connectivity index is 4.63. The van der Waals surface area contributed by atoms with Crippen molar-refractivity contribution in [1.29, 1.82) is 0 Å². The molecule has 0 aliphatic carbocycles. The van der Waals surface area contributed by atoms with Gasteiger partial charge in [-0.1, -0.05) is 5.92 Å². The second-order valence-electron chi connectivity index (χ2n) is 2.25. The Morgan fingerprint density at radius 1 is 1.60 bits per heavy atom. The molecule has 0 radical (unpaired) electrons. The summed E-state index contributed by atoms with van der Waals surface area (Å²) in [6, 6.07) is 0. The van der Waals surface area contributed by atoms with E-state index < -0.39 is 23.7 Å². The van der Waals surface area contributed by atoms with E-state index in [-0.39, 0.29) is 6.61 Å². The smallest absolute Gasteiger partial charge is 0.379 e. The number of alkyl halides is 3. The van der Waals surface area contributed by atoms with E-state index in [0.29, 0.717) is 6.08 Å². The normalized spacial score (nSPS) is 11.8. The quantitative estimate of drug-likeness (QED) is 0.241. The van der Waals surface area contributed by atoms with Gasteiger partial charge >= 0.3 is 11.4 Å². The van der Waals surface area contributed by atoms with Crippen LogP contribution in [-0.2, 0) is 14.3 Å². The van der Waals surface area contributed by atoms with E-state index in [1.807, 2.05) is 5.92 Å². The first-order chi connectivity index (χ1) is 6.91. The van der Waals surface area contributed by atoms with Crippen LogP contribution in [0.5, 0.6) is 0 Å². The minimum absolute atomic E-state index is 0.0611. The highest BCUT2D eigenvalue weighted by atomic mass is 35.5. The third-order valence-corrected chi connectivity index (χ3v) is 1.31. The highest BCUT2D eigenvalue weighted by molar-refractivity contribution is 6.23. The third-order valence-electron chi connectivity index (χ3n) is 1.13. The molecule has 0 aromatic rings. The van der Waals surface area contributed by atoms with Crippen molar-refractivity contribution in [3.63, 3.8) is 0 Å². The number of esters is 1. The minimum Gasteiger partial charge on any atom is -0.477 e. The van der Waals surface area contributed by atoms with Gasteiger partial charge in [-0.05, 0) is 18.5 Å². The van der Waals surface area contributed by atoms with Crippen molar-refractivity contribution < 1.29 is 23.0 Å². The molecule has 0 fully saturated rings. The van der Waals surface area contributed by atoms with E-state index in [9.17, 15) is 13.6 Å². The lowest BCUT2D eigenvalue weighted by atomic mass is 10.4. The molecule has 15 heavy (non-hydrogen) atoms. The molecule has 3 nitrogen and oxygen atoms in total. The van der Waals surface area contributed by atoms with Crippen LogP contribution in [0, 0.1) is 12.3 Å². The molecule has 0 saturated carbocycles. The predicted molar refractivity (Wildman–Crippen MR) is 50.3 cm³/mol. The Kier molecular flexibility index (Phi) is 5.72. The monoisotopic (exact) mass is 238 g/mol. The molecule has 0 aromatic heterocycles. The van der Waals surface area contributed by atoms with Crippen LogP contribution < -0.4 is 0 Å². The number of ether oxygens (including phenoxy) is 2. The van der Waals surface area contributed by atoms with Gasteiger partial charge in [-0.2, -0.15) is 8.78 Å². The van der Waals surface area contributed by atoms with E-state index in [2.05, 4.69) is 21.1 Å². The molecule has 6 heteroatoms. The van der Waals surface area contributed by atoms with Crippen molar-refractivity contribution in [3.8, 4) is 12.3 Å². The molecule has 84 valence electrons. The molecule has 0 atom stereocenters. The van der Waals surface area contributed by atoms with Crippen molar-refractivity contribution in [2.24, 2.45) is 0 Å². The molecule has 0 aromatic carbocycles. The molecule has 0 amide bonds. The highest BCUT2D eigenvalue weighted by Crippen LogP contribution is 2.29. The summed E-state index contributed by atoms with van der Waals surface area (Å²) in [4.78, 5) is 10.8. The first-order valence-electron chi connectivity index (χ1n) is 3.93. The summed E-state index contributed by atoms with van der Waals surface area (Å²) in [6.45, 7) is 1.19. The average molecular weight is 239 g/mol. The zero-order valence-corrected chi connectivity index (χ0v) is 8.68. The van der Waals surface area contributed by atoms with Crippen molar-refractivity contribution in [2.75, 3.05) is 13.2 Å². The second-order valence-corrected chi connectivity index (χ2v) is 2.73. The lowest BCUT2D eigenvalue weighted by Crippen LogP contribution is -2.16. The Bertz CT molecular complexity index is 289. The number of halogens is 3. The fraction of sp³-hybridized carbons (Fsp3) is 0.444. The molecule has 0 N–H and O–H groups in total. The van der Waals surface area contributed by atoms with Gasteiger partial charge in [0.2, 0.25) is 0 Å². The van der Waals surface area contributed by atoms with Crippen LogP contribution >= 0.6 is 11.6 Å². The van der Waals surface area contributed by atoms with Crippen LogP contribution in [0.25, 0.3) is 0 Å². The molecule has 0 aliphatic heterocycles. The number of terminal acetylenes is 1. The Morgan fingerprint density at radius 3 is 2.60 bits per heavy atom. The summed E-state index contributed by atoms with van der Waals surface area (Å²) in [5, 5.41) is -3.79. The second kappa shape index (κ2) is 6.25. The van der Waals surface area contributed by atoms with Gasteiger partial charge in [0, 0.05) is 0 Å². The molecular weight excluding hydrogens is 230 g/mol. The zero-order chi connectivity index (χ0) is 11.9. The van der Waals surface area contributed by atoms with Gasteiger partial charge < -0.3 is 9.47 Å². The van der Waals surface area contributed by atoms with Crippen LogP contribution in [0.2, 0.25) is 0 Å². The number of hydrogen-bond donors (Lipinski definition) is 0.